The Balaban J connectivity index is 2.96. The highest BCUT2D eigenvalue weighted by atomic mass is 14.8. The van der Waals surface area contributed by atoms with Gasteiger partial charge in [-0.15, -0.1) is 0 Å². The Morgan fingerprint density at radius 2 is 2.29 bits per heavy atom. The second-order valence-electron chi connectivity index (χ2n) is 3.09. The van der Waals surface area contributed by atoms with Gasteiger partial charge in [-0.2, -0.15) is 0 Å². The molecule has 0 fully saturated rings. The summed E-state index contributed by atoms with van der Waals surface area (Å²) in [4.78, 5) is 8.76. The van der Waals surface area contributed by atoms with Gasteiger partial charge in [-0.05, 0) is 32.4 Å². The third-order valence-electron chi connectivity index (χ3n) is 2.02. The summed E-state index contributed by atoms with van der Waals surface area (Å²) in [6.07, 6.45) is 4.75. The van der Waals surface area contributed by atoms with Crippen molar-refractivity contribution in [3.63, 3.8) is 0 Å². The second-order valence-corrected chi connectivity index (χ2v) is 3.09. The summed E-state index contributed by atoms with van der Waals surface area (Å²) in [6.45, 7) is 6.12. The predicted octanol–water partition coefficient (Wildman–Crippen LogP) is 3.31. The molecule has 0 atom stereocenters. The fourth-order valence-corrected chi connectivity index (χ4v) is 1.07. The molecule has 2 heteroatoms. The zero-order valence-corrected chi connectivity index (χ0v) is 8.99. The molecule has 1 heterocycles. The minimum atomic E-state index is 0.933. The fourth-order valence-electron chi connectivity index (χ4n) is 1.07. The highest BCUT2D eigenvalue weighted by Gasteiger charge is 1.98. The van der Waals surface area contributed by atoms with Gasteiger partial charge in [-0.25, -0.2) is 0 Å². The third-order valence-corrected chi connectivity index (χ3v) is 2.02. The molecule has 0 radical (unpaired) electrons. The Morgan fingerprint density at radius 1 is 1.50 bits per heavy atom. The summed E-state index contributed by atoms with van der Waals surface area (Å²) in [5.74, 6) is 0. The van der Waals surface area contributed by atoms with Crippen LogP contribution in [-0.2, 0) is 0 Å². The topological polar surface area (TPSA) is 25.2 Å². The molecule has 0 aliphatic heterocycles. The molecule has 1 rings (SSSR count). The minimum absolute atomic E-state index is 0.933. The fraction of sp³-hybridized carbons (Fsp3) is 0.333. The molecule has 0 saturated carbocycles. The van der Waals surface area contributed by atoms with Gasteiger partial charge in [-0.3, -0.25) is 9.98 Å². The van der Waals surface area contributed by atoms with E-state index < -0.39 is 0 Å². The summed E-state index contributed by atoms with van der Waals surface area (Å²) in [5, 5.41) is 0. The van der Waals surface area contributed by atoms with Crippen molar-refractivity contribution in [3.8, 4) is 0 Å². The van der Waals surface area contributed by atoms with Crippen molar-refractivity contribution < 1.29 is 0 Å². The molecule has 0 N–H and O–H groups in total. The van der Waals surface area contributed by atoms with Gasteiger partial charge < -0.3 is 0 Å². The van der Waals surface area contributed by atoms with Gasteiger partial charge in [0.15, 0.2) is 0 Å². The van der Waals surface area contributed by atoms with Gasteiger partial charge >= 0.3 is 0 Å². The molecule has 2 nitrogen and oxygen atoms in total. The molecule has 0 amide bonds. The van der Waals surface area contributed by atoms with E-state index in [-0.39, 0.29) is 0 Å². The zero-order valence-electron chi connectivity index (χ0n) is 8.99. The normalized spacial score (nSPS) is 13.1. The smallest absolute Gasteiger partial charge is 0.0882 e. The number of hydrogen-bond donors (Lipinski definition) is 0. The summed E-state index contributed by atoms with van der Waals surface area (Å²) in [6, 6.07) is 5.86. The van der Waals surface area contributed by atoms with Crippen molar-refractivity contribution in [2.45, 2.75) is 27.2 Å². The SMILES string of the molecule is C/C=C(\N=C(C)CC)c1ccccn1. The van der Waals surface area contributed by atoms with E-state index in [2.05, 4.69) is 16.9 Å². The van der Waals surface area contributed by atoms with Crippen molar-refractivity contribution in [3.05, 3.63) is 36.2 Å². The monoisotopic (exact) mass is 188 g/mol. The maximum Gasteiger partial charge on any atom is 0.0882 e. The summed E-state index contributed by atoms with van der Waals surface area (Å²) >= 11 is 0. The lowest BCUT2D eigenvalue weighted by Gasteiger charge is -2.01. The van der Waals surface area contributed by atoms with Crippen molar-refractivity contribution >= 4 is 11.4 Å². The van der Waals surface area contributed by atoms with Gasteiger partial charge in [0.05, 0.1) is 11.4 Å². The quantitative estimate of drug-likeness (QED) is 0.668. The van der Waals surface area contributed by atoms with Gasteiger partial charge in [-0.1, -0.05) is 19.1 Å². The molecule has 1 aromatic rings. The van der Waals surface area contributed by atoms with Gasteiger partial charge in [0.1, 0.15) is 0 Å². The average Bonchev–Trinajstić information content (AvgIpc) is 2.26. The first-order valence-corrected chi connectivity index (χ1v) is 4.89. The molecule has 0 spiro atoms. The van der Waals surface area contributed by atoms with Crippen LogP contribution in [-0.4, -0.2) is 10.7 Å². The predicted molar refractivity (Wildman–Crippen MR) is 61.3 cm³/mol. The van der Waals surface area contributed by atoms with Crippen LogP contribution >= 0.6 is 0 Å². The summed E-state index contributed by atoms with van der Waals surface area (Å²) in [7, 11) is 0. The standard InChI is InChI=1S/C12H16N2/c1-4-10(3)14-11(5-2)12-8-6-7-9-13-12/h5-9H,4H2,1-3H3/b11-5-,14-10?. The van der Waals surface area contributed by atoms with Gasteiger partial charge in [0.25, 0.3) is 0 Å². The number of allylic oxidation sites excluding steroid dienone is 1. The lowest BCUT2D eigenvalue weighted by atomic mass is 10.2. The van der Waals surface area contributed by atoms with Crippen LogP contribution in [0.15, 0.2) is 35.5 Å². The van der Waals surface area contributed by atoms with Crippen LogP contribution in [0.2, 0.25) is 0 Å². The van der Waals surface area contributed by atoms with Crippen molar-refractivity contribution in [1.82, 2.24) is 4.98 Å². The van der Waals surface area contributed by atoms with Crippen molar-refractivity contribution in [2.24, 2.45) is 4.99 Å². The third kappa shape index (κ3) is 2.80. The molecule has 0 aliphatic carbocycles. The molecular weight excluding hydrogens is 172 g/mol. The van der Waals surface area contributed by atoms with E-state index in [9.17, 15) is 0 Å². The van der Waals surface area contributed by atoms with E-state index in [0.717, 1.165) is 23.5 Å². The largest absolute Gasteiger partial charge is 0.256 e. The number of hydrogen-bond acceptors (Lipinski definition) is 2. The van der Waals surface area contributed by atoms with Crippen molar-refractivity contribution in [2.75, 3.05) is 0 Å². The Labute approximate surface area is 85.4 Å². The summed E-state index contributed by atoms with van der Waals surface area (Å²) in [5.41, 5.74) is 3.01. The first-order valence-electron chi connectivity index (χ1n) is 4.89. The molecule has 14 heavy (non-hydrogen) atoms. The zero-order chi connectivity index (χ0) is 10.4. The molecule has 0 unspecified atom stereocenters. The minimum Gasteiger partial charge on any atom is -0.256 e. The number of aliphatic imine (C=N–C) groups is 1. The van der Waals surface area contributed by atoms with E-state index in [4.69, 9.17) is 0 Å². The average molecular weight is 188 g/mol. The highest BCUT2D eigenvalue weighted by molar-refractivity contribution is 5.87. The Kier molecular flexibility index (Phi) is 4.05. The lowest BCUT2D eigenvalue weighted by molar-refractivity contribution is 1.22. The van der Waals surface area contributed by atoms with E-state index >= 15 is 0 Å². The van der Waals surface area contributed by atoms with E-state index in [0.29, 0.717) is 0 Å². The maximum absolute atomic E-state index is 4.50. The molecule has 0 bridgehead atoms. The Bertz CT molecular complexity index is 337. The Hall–Kier alpha value is -1.44. The number of aromatic nitrogens is 1. The van der Waals surface area contributed by atoms with Crippen LogP contribution in [0.5, 0.6) is 0 Å². The van der Waals surface area contributed by atoms with Crippen LogP contribution in [0.3, 0.4) is 0 Å². The first kappa shape index (κ1) is 10.6. The van der Waals surface area contributed by atoms with Gasteiger partial charge in [0, 0.05) is 11.9 Å². The molecule has 0 aromatic carbocycles. The van der Waals surface area contributed by atoms with Crippen LogP contribution < -0.4 is 0 Å². The maximum atomic E-state index is 4.50. The first-order chi connectivity index (χ1) is 6.77. The van der Waals surface area contributed by atoms with Gasteiger partial charge in [0.2, 0.25) is 0 Å². The molecule has 1 aromatic heterocycles. The van der Waals surface area contributed by atoms with Crippen LogP contribution in [0.4, 0.5) is 0 Å². The van der Waals surface area contributed by atoms with E-state index in [1.807, 2.05) is 38.1 Å². The molecule has 0 aliphatic rings. The highest BCUT2D eigenvalue weighted by Crippen LogP contribution is 2.12. The summed E-state index contributed by atoms with van der Waals surface area (Å²) < 4.78 is 0. The molecular formula is C12H16N2. The number of rotatable bonds is 3. The molecule has 74 valence electrons. The Morgan fingerprint density at radius 3 is 2.79 bits per heavy atom. The van der Waals surface area contributed by atoms with Crippen molar-refractivity contribution in [1.29, 1.82) is 0 Å². The van der Waals surface area contributed by atoms with Crippen LogP contribution in [0, 0.1) is 0 Å². The van der Waals surface area contributed by atoms with E-state index in [1.54, 1.807) is 6.20 Å². The second kappa shape index (κ2) is 5.32. The lowest BCUT2D eigenvalue weighted by Crippen LogP contribution is -1.91. The molecule has 0 saturated heterocycles. The van der Waals surface area contributed by atoms with Crippen LogP contribution in [0.1, 0.15) is 32.9 Å². The van der Waals surface area contributed by atoms with Crippen LogP contribution in [0.25, 0.3) is 5.70 Å². The number of nitrogens with zero attached hydrogens (tertiary/aromatic N) is 2. The van der Waals surface area contributed by atoms with E-state index in [1.165, 1.54) is 0 Å². The number of pyridine rings is 1.